The summed E-state index contributed by atoms with van der Waals surface area (Å²) in [4.78, 5) is 13.6. The number of amides is 1. The fraction of sp³-hybridized carbons (Fsp3) is 0.462. The number of ether oxygens (including phenoxy) is 1. The zero-order valence-corrected chi connectivity index (χ0v) is 11.3. The van der Waals surface area contributed by atoms with E-state index in [1.165, 1.54) is 0 Å². The van der Waals surface area contributed by atoms with Crippen molar-refractivity contribution >= 4 is 23.2 Å². The summed E-state index contributed by atoms with van der Waals surface area (Å²) in [6.07, 6.45) is 2.24. The van der Waals surface area contributed by atoms with Crippen molar-refractivity contribution in [1.29, 1.82) is 0 Å². The van der Waals surface area contributed by atoms with Gasteiger partial charge in [0.05, 0.1) is 18.7 Å². The number of likely N-dealkylation sites (N-methyl/N-ethyl adjacent to an activating group) is 1. The number of hydrogen-bond donors (Lipinski definition) is 1. The molecule has 1 N–H and O–H groups in total. The van der Waals surface area contributed by atoms with E-state index in [0.717, 1.165) is 18.5 Å². The Hall–Kier alpha value is -1.42. The van der Waals surface area contributed by atoms with E-state index in [2.05, 4.69) is 5.32 Å². The van der Waals surface area contributed by atoms with Crippen molar-refractivity contribution in [2.75, 3.05) is 26.0 Å². The van der Waals surface area contributed by atoms with Crippen LogP contribution in [0.1, 0.15) is 12.8 Å². The molecule has 0 aromatic heterocycles. The Morgan fingerprint density at radius 2 is 2.28 bits per heavy atom. The SMILES string of the molecule is COc1ccc(NCC(=O)N(C)C2CC2)cc1Cl. The molecule has 0 saturated heterocycles. The summed E-state index contributed by atoms with van der Waals surface area (Å²) in [5.74, 6) is 0.730. The van der Waals surface area contributed by atoms with Crippen LogP contribution in [0.3, 0.4) is 0 Å². The Labute approximate surface area is 112 Å². The first-order valence-corrected chi connectivity index (χ1v) is 6.32. The monoisotopic (exact) mass is 268 g/mol. The molecular weight excluding hydrogens is 252 g/mol. The smallest absolute Gasteiger partial charge is 0.241 e. The minimum absolute atomic E-state index is 0.101. The van der Waals surface area contributed by atoms with E-state index in [4.69, 9.17) is 16.3 Å². The van der Waals surface area contributed by atoms with Crippen LogP contribution >= 0.6 is 11.6 Å². The van der Waals surface area contributed by atoms with Gasteiger partial charge >= 0.3 is 0 Å². The molecule has 1 amide bonds. The van der Waals surface area contributed by atoms with Crippen LogP contribution in [0.25, 0.3) is 0 Å². The van der Waals surface area contributed by atoms with Crippen LogP contribution in [0.2, 0.25) is 5.02 Å². The molecule has 0 radical (unpaired) electrons. The van der Waals surface area contributed by atoms with Crippen molar-refractivity contribution in [3.63, 3.8) is 0 Å². The van der Waals surface area contributed by atoms with Crippen LogP contribution in [-0.4, -0.2) is 37.6 Å². The maximum Gasteiger partial charge on any atom is 0.241 e. The molecule has 1 aliphatic rings. The lowest BCUT2D eigenvalue weighted by Gasteiger charge is -2.17. The third-order valence-electron chi connectivity index (χ3n) is 3.08. The summed E-state index contributed by atoms with van der Waals surface area (Å²) in [6, 6.07) is 5.82. The van der Waals surface area contributed by atoms with Gasteiger partial charge in [-0.2, -0.15) is 0 Å². The zero-order valence-electron chi connectivity index (χ0n) is 10.6. The molecule has 98 valence electrons. The fourth-order valence-electron chi connectivity index (χ4n) is 1.74. The molecule has 4 nitrogen and oxygen atoms in total. The number of halogens is 1. The maximum absolute atomic E-state index is 11.8. The van der Waals surface area contributed by atoms with Crippen molar-refractivity contribution in [3.05, 3.63) is 23.2 Å². The molecular formula is C13H17ClN2O2. The Morgan fingerprint density at radius 3 is 2.83 bits per heavy atom. The van der Waals surface area contributed by atoms with Crippen LogP contribution in [-0.2, 0) is 4.79 Å². The van der Waals surface area contributed by atoms with E-state index in [9.17, 15) is 4.79 Å². The number of carbonyl (C=O) groups excluding carboxylic acids is 1. The maximum atomic E-state index is 11.8. The summed E-state index contributed by atoms with van der Waals surface area (Å²) in [7, 11) is 3.42. The minimum atomic E-state index is 0.101. The van der Waals surface area contributed by atoms with Gasteiger partial charge in [-0.3, -0.25) is 4.79 Å². The Balaban J connectivity index is 1.89. The predicted octanol–water partition coefficient (Wildman–Crippen LogP) is 2.38. The third kappa shape index (κ3) is 3.07. The van der Waals surface area contributed by atoms with Crippen LogP contribution in [0, 0.1) is 0 Å². The lowest BCUT2D eigenvalue weighted by atomic mass is 10.3. The summed E-state index contributed by atoms with van der Waals surface area (Å²) in [5, 5.41) is 3.60. The molecule has 5 heteroatoms. The Kier molecular flexibility index (Phi) is 3.97. The highest BCUT2D eigenvalue weighted by atomic mass is 35.5. The normalized spacial score (nSPS) is 14.2. The standard InChI is InChI=1S/C13H17ClN2O2/c1-16(10-4-5-10)13(17)8-15-9-3-6-12(18-2)11(14)7-9/h3,6-7,10,15H,4-5,8H2,1-2H3. The third-order valence-corrected chi connectivity index (χ3v) is 3.38. The highest BCUT2D eigenvalue weighted by Crippen LogP contribution is 2.27. The van der Waals surface area contributed by atoms with E-state index in [1.54, 1.807) is 24.1 Å². The first-order valence-electron chi connectivity index (χ1n) is 5.95. The van der Waals surface area contributed by atoms with Crippen LogP contribution in [0.4, 0.5) is 5.69 Å². The molecule has 0 spiro atoms. The van der Waals surface area contributed by atoms with Gasteiger partial charge in [0.1, 0.15) is 5.75 Å². The van der Waals surface area contributed by atoms with Crippen molar-refractivity contribution in [2.24, 2.45) is 0 Å². The van der Waals surface area contributed by atoms with Gasteiger partial charge in [-0.15, -0.1) is 0 Å². The largest absolute Gasteiger partial charge is 0.495 e. The molecule has 1 aromatic rings. The predicted molar refractivity (Wildman–Crippen MR) is 72.3 cm³/mol. The summed E-state index contributed by atoms with van der Waals surface area (Å²) in [5.41, 5.74) is 0.818. The second kappa shape index (κ2) is 5.48. The molecule has 18 heavy (non-hydrogen) atoms. The summed E-state index contributed by atoms with van der Waals surface area (Å²) < 4.78 is 5.07. The fourth-order valence-corrected chi connectivity index (χ4v) is 2.00. The number of methoxy groups -OCH3 is 1. The van der Waals surface area contributed by atoms with Crippen LogP contribution in [0.15, 0.2) is 18.2 Å². The quantitative estimate of drug-likeness (QED) is 0.892. The highest BCUT2D eigenvalue weighted by molar-refractivity contribution is 6.32. The molecule has 0 atom stereocenters. The van der Waals surface area contributed by atoms with Crippen LogP contribution in [0.5, 0.6) is 5.75 Å². The number of nitrogens with one attached hydrogen (secondary N) is 1. The summed E-state index contributed by atoms with van der Waals surface area (Å²) >= 11 is 6.01. The number of nitrogens with zero attached hydrogens (tertiary/aromatic N) is 1. The second-order valence-electron chi connectivity index (χ2n) is 4.44. The van der Waals surface area contributed by atoms with Crippen molar-refractivity contribution in [2.45, 2.75) is 18.9 Å². The lowest BCUT2D eigenvalue weighted by molar-refractivity contribution is -0.128. The van der Waals surface area contributed by atoms with Crippen molar-refractivity contribution in [3.8, 4) is 5.75 Å². The first kappa shape index (κ1) is 13.0. The minimum Gasteiger partial charge on any atom is -0.495 e. The average molecular weight is 269 g/mol. The van der Waals surface area contributed by atoms with Gasteiger partial charge in [-0.05, 0) is 31.0 Å². The second-order valence-corrected chi connectivity index (χ2v) is 4.85. The molecule has 0 unspecified atom stereocenters. The molecule has 1 aliphatic carbocycles. The highest BCUT2D eigenvalue weighted by Gasteiger charge is 2.29. The molecule has 1 saturated carbocycles. The van der Waals surface area contributed by atoms with Gasteiger partial charge < -0.3 is 15.0 Å². The Bertz CT molecular complexity index is 447. The molecule has 0 bridgehead atoms. The molecule has 1 aromatic carbocycles. The van der Waals surface area contributed by atoms with E-state index in [1.807, 2.05) is 13.1 Å². The number of benzene rings is 1. The van der Waals surface area contributed by atoms with Crippen molar-refractivity contribution < 1.29 is 9.53 Å². The molecule has 2 rings (SSSR count). The molecule has 0 aliphatic heterocycles. The molecule has 1 fully saturated rings. The van der Waals surface area contributed by atoms with E-state index < -0.39 is 0 Å². The Morgan fingerprint density at radius 1 is 1.56 bits per heavy atom. The van der Waals surface area contributed by atoms with Gasteiger partial charge in [0.15, 0.2) is 0 Å². The lowest BCUT2D eigenvalue weighted by Crippen LogP contribution is -2.33. The van der Waals surface area contributed by atoms with Gasteiger partial charge in [0, 0.05) is 18.8 Å². The van der Waals surface area contributed by atoms with Crippen LogP contribution < -0.4 is 10.1 Å². The van der Waals surface area contributed by atoms with Gasteiger partial charge in [-0.1, -0.05) is 11.6 Å². The van der Waals surface area contributed by atoms with E-state index >= 15 is 0 Å². The topological polar surface area (TPSA) is 41.6 Å². The van der Waals surface area contributed by atoms with Crippen molar-refractivity contribution in [1.82, 2.24) is 4.90 Å². The number of carbonyl (C=O) groups is 1. The number of hydrogen-bond acceptors (Lipinski definition) is 3. The van der Waals surface area contributed by atoms with Gasteiger partial charge in [0.25, 0.3) is 0 Å². The summed E-state index contributed by atoms with van der Waals surface area (Å²) in [6.45, 7) is 0.287. The molecule has 0 heterocycles. The average Bonchev–Trinajstić information content (AvgIpc) is 3.19. The van der Waals surface area contributed by atoms with E-state index in [-0.39, 0.29) is 12.5 Å². The van der Waals surface area contributed by atoms with E-state index in [0.29, 0.717) is 16.8 Å². The number of anilines is 1. The van der Waals surface area contributed by atoms with Gasteiger partial charge in [0.2, 0.25) is 5.91 Å². The zero-order chi connectivity index (χ0) is 13.1. The first-order chi connectivity index (χ1) is 8.61. The van der Waals surface area contributed by atoms with Gasteiger partial charge in [-0.25, -0.2) is 0 Å². The number of rotatable bonds is 5.